The van der Waals surface area contributed by atoms with Gasteiger partial charge in [0.1, 0.15) is 0 Å². The monoisotopic (exact) mass is 409 g/mol. The first-order valence-electron chi connectivity index (χ1n) is 8.94. The van der Waals surface area contributed by atoms with Crippen LogP contribution >= 0.6 is 11.3 Å². The second-order valence-electron chi connectivity index (χ2n) is 7.05. The molecule has 1 amide bonds. The summed E-state index contributed by atoms with van der Waals surface area (Å²) in [5, 5.41) is 4.35. The third-order valence-corrected chi connectivity index (χ3v) is 6.04. The van der Waals surface area contributed by atoms with E-state index >= 15 is 0 Å². The second kappa shape index (κ2) is 6.88. The molecule has 28 heavy (non-hydrogen) atoms. The molecule has 1 aliphatic rings. The number of fused-ring (bicyclic) bond motifs is 1. The van der Waals surface area contributed by atoms with Crippen LogP contribution in [0, 0.1) is 19.8 Å². The van der Waals surface area contributed by atoms with Crippen LogP contribution in [0.1, 0.15) is 33.8 Å². The van der Waals surface area contributed by atoms with E-state index in [-0.39, 0.29) is 24.2 Å². The molecule has 5 nitrogen and oxygen atoms in total. The molecule has 0 aliphatic carbocycles. The lowest BCUT2D eigenvalue weighted by molar-refractivity contribution is -0.184. The summed E-state index contributed by atoms with van der Waals surface area (Å²) in [6, 6.07) is 5.47. The zero-order valence-electron chi connectivity index (χ0n) is 15.3. The number of pyridine rings is 1. The van der Waals surface area contributed by atoms with Gasteiger partial charge in [-0.2, -0.15) is 13.2 Å². The van der Waals surface area contributed by atoms with Crippen LogP contribution in [0.4, 0.5) is 13.2 Å². The highest BCUT2D eigenvalue weighted by Gasteiger charge is 2.43. The maximum atomic E-state index is 13.2. The number of thiophene rings is 1. The number of amides is 1. The molecule has 0 aromatic carbocycles. The summed E-state index contributed by atoms with van der Waals surface area (Å²) in [5.74, 6) is -1.94. The number of aryl methyl sites for hydroxylation is 2. The smallest absolute Gasteiger partial charge is 0.338 e. The van der Waals surface area contributed by atoms with Crippen LogP contribution < -0.4 is 0 Å². The summed E-state index contributed by atoms with van der Waals surface area (Å²) in [6.07, 6.45) is -3.94. The van der Waals surface area contributed by atoms with Gasteiger partial charge in [0.2, 0.25) is 0 Å². The molecule has 3 aromatic heterocycles. The van der Waals surface area contributed by atoms with Gasteiger partial charge in [-0.05, 0) is 44.9 Å². The van der Waals surface area contributed by atoms with Crippen molar-refractivity contribution in [2.24, 2.45) is 5.92 Å². The maximum absolute atomic E-state index is 13.2. The van der Waals surface area contributed by atoms with E-state index in [1.54, 1.807) is 13.0 Å². The van der Waals surface area contributed by atoms with E-state index < -0.39 is 18.0 Å². The number of aromatic nitrogens is 2. The van der Waals surface area contributed by atoms with Gasteiger partial charge >= 0.3 is 6.18 Å². The number of nitrogens with zero attached hydrogens (tertiary/aromatic N) is 3. The number of halogens is 3. The van der Waals surface area contributed by atoms with Crippen LogP contribution in [0.3, 0.4) is 0 Å². The lowest BCUT2D eigenvalue weighted by Crippen LogP contribution is -2.44. The zero-order valence-corrected chi connectivity index (χ0v) is 16.2. The quantitative estimate of drug-likeness (QED) is 0.599. The van der Waals surface area contributed by atoms with Crippen molar-refractivity contribution >= 4 is 28.3 Å². The van der Waals surface area contributed by atoms with E-state index in [2.05, 4.69) is 10.1 Å². The Morgan fingerprint density at radius 3 is 2.79 bits per heavy atom. The van der Waals surface area contributed by atoms with Crippen LogP contribution in [0.5, 0.6) is 0 Å². The fourth-order valence-electron chi connectivity index (χ4n) is 3.56. The highest BCUT2D eigenvalue weighted by atomic mass is 32.1. The van der Waals surface area contributed by atoms with Crippen LogP contribution in [-0.4, -0.2) is 40.2 Å². The number of carbonyl (C=O) groups is 1. The van der Waals surface area contributed by atoms with Gasteiger partial charge in [-0.1, -0.05) is 5.16 Å². The molecule has 1 fully saturated rings. The molecule has 0 spiro atoms. The van der Waals surface area contributed by atoms with Gasteiger partial charge in [0.05, 0.1) is 33.1 Å². The molecule has 4 rings (SSSR count). The van der Waals surface area contributed by atoms with Gasteiger partial charge in [0.25, 0.3) is 11.6 Å². The number of piperidine rings is 1. The number of hydrogen-bond acceptors (Lipinski definition) is 5. The topological polar surface area (TPSA) is 59.2 Å². The Hall–Kier alpha value is -2.42. The summed E-state index contributed by atoms with van der Waals surface area (Å²) in [4.78, 5) is 20.9. The first kappa shape index (κ1) is 18.9. The van der Waals surface area contributed by atoms with E-state index in [1.807, 2.05) is 19.1 Å². The molecule has 1 atom stereocenters. The average molecular weight is 409 g/mol. The molecule has 1 aliphatic heterocycles. The van der Waals surface area contributed by atoms with Gasteiger partial charge in [0, 0.05) is 18.0 Å². The SMILES string of the molecule is Cc1ccc(-c2cc(C(=O)N3CCCC(C(F)(F)F)C3)c3c(C)noc3n2)s1. The summed E-state index contributed by atoms with van der Waals surface area (Å²) >= 11 is 1.52. The number of likely N-dealkylation sites (tertiary alicyclic amines) is 1. The van der Waals surface area contributed by atoms with Crippen molar-refractivity contribution in [3.63, 3.8) is 0 Å². The Morgan fingerprint density at radius 2 is 2.11 bits per heavy atom. The third kappa shape index (κ3) is 3.39. The predicted molar refractivity (Wildman–Crippen MR) is 99.3 cm³/mol. The molecule has 3 aromatic rings. The molecule has 4 heterocycles. The molecule has 0 bridgehead atoms. The molecule has 9 heteroatoms. The fraction of sp³-hybridized carbons (Fsp3) is 0.421. The lowest BCUT2D eigenvalue weighted by atomic mass is 9.96. The van der Waals surface area contributed by atoms with E-state index in [1.165, 1.54) is 16.2 Å². The van der Waals surface area contributed by atoms with Crippen molar-refractivity contribution in [3.8, 4) is 10.6 Å². The minimum atomic E-state index is -4.31. The zero-order chi connectivity index (χ0) is 20.1. The van der Waals surface area contributed by atoms with Crippen molar-refractivity contribution in [3.05, 3.63) is 34.3 Å². The summed E-state index contributed by atoms with van der Waals surface area (Å²) in [5.41, 5.74) is 1.54. The Bertz CT molecular complexity index is 1040. The molecular weight excluding hydrogens is 391 g/mol. The summed E-state index contributed by atoms with van der Waals surface area (Å²) in [6.45, 7) is 3.62. The maximum Gasteiger partial charge on any atom is 0.393 e. The Labute approximate surface area is 163 Å². The van der Waals surface area contributed by atoms with Gasteiger partial charge in [-0.25, -0.2) is 4.98 Å². The lowest BCUT2D eigenvalue weighted by Gasteiger charge is -2.33. The minimum absolute atomic E-state index is 0.0467. The van der Waals surface area contributed by atoms with E-state index in [9.17, 15) is 18.0 Å². The van der Waals surface area contributed by atoms with Crippen LogP contribution in [-0.2, 0) is 0 Å². The summed E-state index contributed by atoms with van der Waals surface area (Å²) < 4.78 is 44.8. The van der Waals surface area contributed by atoms with Crippen molar-refractivity contribution in [1.82, 2.24) is 15.0 Å². The molecule has 148 valence electrons. The van der Waals surface area contributed by atoms with Crippen molar-refractivity contribution < 1.29 is 22.5 Å². The molecule has 0 radical (unpaired) electrons. The van der Waals surface area contributed by atoms with Crippen molar-refractivity contribution in [2.75, 3.05) is 13.1 Å². The predicted octanol–water partition coefficient (Wildman–Crippen LogP) is 4.98. The normalized spacial score (nSPS) is 18.0. The molecule has 1 unspecified atom stereocenters. The van der Waals surface area contributed by atoms with Gasteiger partial charge in [-0.15, -0.1) is 11.3 Å². The molecule has 1 saturated heterocycles. The van der Waals surface area contributed by atoms with E-state index in [0.717, 1.165) is 9.75 Å². The highest BCUT2D eigenvalue weighted by molar-refractivity contribution is 7.15. The van der Waals surface area contributed by atoms with Crippen LogP contribution in [0.15, 0.2) is 22.7 Å². The average Bonchev–Trinajstić information content (AvgIpc) is 3.26. The van der Waals surface area contributed by atoms with E-state index in [0.29, 0.717) is 29.7 Å². The standard InChI is InChI=1S/C19H18F3N3O2S/c1-10-5-6-15(28-10)14-8-13(16-11(2)24-27-17(16)23-14)18(26)25-7-3-4-12(9-25)19(20,21)22/h5-6,8,12H,3-4,7,9H2,1-2H3. The first-order chi connectivity index (χ1) is 13.2. The van der Waals surface area contributed by atoms with Crippen molar-refractivity contribution in [1.29, 1.82) is 0 Å². The summed E-state index contributed by atoms with van der Waals surface area (Å²) in [7, 11) is 0. The molecule has 0 saturated carbocycles. The number of rotatable bonds is 2. The van der Waals surface area contributed by atoms with Gasteiger partial charge in [0.15, 0.2) is 0 Å². The number of hydrogen-bond donors (Lipinski definition) is 0. The third-order valence-electron chi connectivity index (χ3n) is 5.01. The second-order valence-corrected chi connectivity index (χ2v) is 8.33. The van der Waals surface area contributed by atoms with E-state index in [4.69, 9.17) is 4.52 Å². The van der Waals surface area contributed by atoms with Crippen LogP contribution in [0.25, 0.3) is 21.7 Å². The highest BCUT2D eigenvalue weighted by Crippen LogP contribution is 2.35. The largest absolute Gasteiger partial charge is 0.393 e. The van der Waals surface area contributed by atoms with Gasteiger partial charge in [-0.3, -0.25) is 4.79 Å². The number of carbonyl (C=O) groups excluding carboxylic acids is 1. The minimum Gasteiger partial charge on any atom is -0.338 e. The van der Waals surface area contributed by atoms with Crippen LogP contribution in [0.2, 0.25) is 0 Å². The Balaban J connectivity index is 1.76. The number of alkyl halides is 3. The molecular formula is C19H18F3N3O2S. The fourth-order valence-corrected chi connectivity index (χ4v) is 4.39. The Kier molecular flexibility index (Phi) is 4.65. The Morgan fingerprint density at radius 1 is 1.32 bits per heavy atom. The van der Waals surface area contributed by atoms with Gasteiger partial charge < -0.3 is 9.42 Å². The first-order valence-corrected chi connectivity index (χ1v) is 9.75. The molecule has 0 N–H and O–H groups in total. The van der Waals surface area contributed by atoms with Crippen molar-refractivity contribution in [2.45, 2.75) is 32.9 Å².